The van der Waals surface area contributed by atoms with Gasteiger partial charge in [0.25, 0.3) is 0 Å². The summed E-state index contributed by atoms with van der Waals surface area (Å²) in [5.74, 6) is 1.92. The largest absolute Gasteiger partial charge is 0.493 e. The number of allylic oxidation sites excluding steroid dienone is 4. The van der Waals surface area contributed by atoms with E-state index in [0.717, 1.165) is 40.1 Å². The topological polar surface area (TPSA) is 52.6 Å². The Bertz CT molecular complexity index is 976. The van der Waals surface area contributed by atoms with E-state index in [4.69, 9.17) is 9.47 Å². The molecule has 1 heterocycles. The van der Waals surface area contributed by atoms with E-state index in [1.165, 1.54) is 0 Å². The highest BCUT2D eigenvalue weighted by Gasteiger charge is 2.48. The van der Waals surface area contributed by atoms with E-state index in [1.54, 1.807) is 0 Å². The third-order valence-corrected chi connectivity index (χ3v) is 7.11. The van der Waals surface area contributed by atoms with Crippen LogP contribution in [0.4, 0.5) is 0 Å². The van der Waals surface area contributed by atoms with Crippen LogP contribution in [0.2, 0.25) is 0 Å². The predicted octanol–water partition coefficient (Wildman–Crippen LogP) is 7.03. The van der Waals surface area contributed by atoms with E-state index < -0.39 is 5.92 Å². The highest BCUT2D eigenvalue weighted by molar-refractivity contribution is 9.10. The van der Waals surface area contributed by atoms with Crippen LogP contribution in [-0.2, 0) is 14.3 Å². The lowest BCUT2D eigenvalue weighted by molar-refractivity contribution is -0.120. The fraction of sp³-hybridized carbons (Fsp3) is 0.556. The normalized spacial score (nSPS) is 22.4. The molecule has 0 saturated carbocycles. The smallest absolute Gasteiger partial charge is 0.163 e. The van der Waals surface area contributed by atoms with Crippen LogP contribution in [-0.4, -0.2) is 18.2 Å². The zero-order chi connectivity index (χ0) is 23.3. The molecular formula is C27H33BrO4. The van der Waals surface area contributed by atoms with Crippen molar-refractivity contribution in [3.8, 4) is 5.75 Å². The number of unbranched alkanes of at least 4 members (excludes halogenated alkanes) is 1. The van der Waals surface area contributed by atoms with Crippen LogP contribution in [0.3, 0.4) is 0 Å². The van der Waals surface area contributed by atoms with Gasteiger partial charge in [0, 0.05) is 46.9 Å². The maximum Gasteiger partial charge on any atom is 0.163 e. The van der Waals surface area contributed by atoms with Crippen molar-refractivity contribution in [1.82, 2.24) is 0 Å². The molecule has 5 heteroatoms. The SMILES string of the molecule is CCCCOc1ccc(Br)cc1C1C2=C(CC(C)(C)CC2=O)OC2=C1C(=O)CC(C)(C)C2. The number of carbonyl (C=O) groups excluding carboxylic acids is 2. The lowest BCUT2D eigenvalue weighted by atomic mass is 9.65. The zero-order valence-corrected chi connectivity index (χ0v) is 21.4. The van der Waals surface area contributed by atoms with Crippen molar-refractivity contribution in [3.05, 3.63) is 50.9 Å². The summed E-state index contributed by atoms with van der Waals surface area (Å²) in [7, 11) is 0. The molecule has 0 bridgehead atoms. The quantitative estimate of drug-likeness (QED) is 0.407. The lowest BCUT2D eigenvalue weighted by Gasteiger charge is -2.43. The van der Waals surface area contributed by atoms with Gasteiger partial charge in [0.1, 0.15) is 17.3 Å². The van der Waals surface area contributed by atoms with Crippen LogP contribution in [0, 0.1) is 10.8 Å². The fourth-order valence-electron chi connectivity index (χ4n) is 5.19. The van der Waals surface area contributed by atoms with Crippen LogP contribution in [0.5, 0.6) is 5.75 Å². The lowest BCUT2D eigenvalue weighted by Crippen LogP contribution is -2.37. The van der Waals surface area contributed by atoms with Gasteiger partial charge in [0.15, 0.2) is 11.6 Å². The number of hydrogen-bond donors (Lipinski definition) is 0. The zero-order valence-electron chi connectivity index (χ0n) is 19.8. The number of benzene rings is 1. The summed E-state index contributed by atoms with van der Waals surface area (Å²) in [6, 6.07) is 5.90. The Morgan fingerprint density at radius 3 is 2.06 bits per heavy atom. The van der Waals surface area contributed by atoms with Crippen molar-refractivity contribution in [2.45, 2.75) is 79.1 Å². The molecule has 1 aromatic rings. The molecule has 3 aliphatic rings. The van der Waals surface area contributed by atoms with Gasteiger partial charge in [-0.3, -0.25) is 9.59 Å². The van der Waals surface area contributed by atoms with Gasteiger partial charge in [0.2, 0.25) is 0 Å². The number of rotatable bonds is 5. The molecular weight excluding hydrogens is 468 g/mol. The van der Waals surface area contributed by atoms with Gasteiger partial charge in [-0.25, -0.2) is 0 Å². The molecule has 2 aliphatic carbocycles. The van der Waals surface area contributed by atoms with Gasteiger partial charge in [-0.15, -0.1) is 0 Å². The number of Topliss-reactive ketones (excluding diaryl/α,β-unsaturated/α-hetero) is 2. The van der Waals surface area contributed by atoms with Gasteiger partial charge in [-0.05, 0) is 35.4 Å². The number of hydrogen-bond acceptors (Lipinski definition) is 4. The second kappa shape index (κ2) is 8.48. The number of ketones is 2. The summed E-state index contributed by atoms with van der Waals surface area (Å²) in [6.07, 6.45) is 4.27. The first kappa shape index (κ1) is 23.3. The summed E-state index contributed by atoms with van der Waals surface area (Å²) in [5, 5.41) is 0. The Morgan fingerprint density at radius 2 is 1.53 bits per heavy atom. The molecule has 4 rings (SSSR count). The molecule has 0 amide bonds. The first-order valence-electron chi connectivity index (χ1n) is 11.6. The highest BCUT2D eigenvalue weighted by atomic mass is 79.9. The molecule has 0 radical (unpaired) electrons. The van der Waals surface area contributed by atoms with Crippen molar-refractivity contribution < 1.29 is 19.1 Å². The second-order valence-electron chi connectivity index (χ2n) is 11.0. The molecule has 0 saturated heterocycles. The first-order chi connectivity index (χ1) is 15.0. The van der Waals surface area contributed by atoms with Crippen molar-refractivity contribution in [2.24, 2.45) is 10.8 Å². The minimum atomic E-state index is -0.435. The summed E-state index contributed by atoms with van der Waals surface area (Å²) < 4.78 is 13.5. The van der Waals surface area contributed by atoms with E-state index in [-0.39, 0.29) is 22.4 Å². The van der Waals surface area contributed by atoms with Gasteiger partial charge < -0.3 is 9.47 Å². The van der Waals surface area contributed by atoms with Crippen molar-refractivity contribution in [2.75, 3.05) is 6.61 Å². The van der Waals surface area contributed by atoms with E-state index in [2.05, 4.69) is 50.5 Å². The van der Waals surface area contributed by atoms with Crippen molar-refractivity contribution in [3.63, 3.8) is 0 Å². The molecule has 1 aromatic carbocycles. The highest BCUT2D eigenvalue weighted by Crippen LogP contribution is 2.54. The van der Waals surface area contributed by atoms with E-state index in [9.17, 15) is 9.59 Å². The van der Waals surface area contributed by atoms with Gasteiger partial charge in [-0.1, -0.05) is 57.0 Å². The Morgan fingerprint density at radius 1 is 0.969 bits per heavy atom. The third-order valence-electron chi connectivity index (χ3n) is 6.62. The Hall–Kier alpha value is -1.88. The Balaban J connectivity index is 1.90. The average Bonchev–Trinajstić information content (AvgIpc) is 2.65. The molecule has 0 aromatic heterocycles. The van der Waals surface area contributed by atoms with Crippen LogP contribution in [0.25, 0.3) is 0 Å². The summed E-state index contributed by atoms with van der Waals surface area (Å²) >= 11 is 3.60. The summed E-state index contributed by atoms with van der Waals surface area (Å²) in [6.45, 7) is 11.1. The van der Waals surface area contributed by atoms with Crippen LogP contribution in [0.1, 0.15) is 84.6 Å². The van der Waals surface area contributed by atoms with Crippen molar-refractivity contribution >= 4 is 27.5 Å². The summed E-state index contributed by atoms with van der Waals surface area (Å²) in [5.41, 5.74) is 1.85. The molecule has 172 valence electrons. The fourth-order valence-corrected chi connectivity index (χ4v) is 5.57. The first-order valence-corrected chi connectivity index (χ1v) is 12.4. The monoisotopic (exact) mass is 500 g/mol. The third kappa shape index (κ3) is 4.46. The van der Waals surface area contributed by atoms with Crippen LogP contribution >= 0.6 is 15.9 Å². The number of ether oxygens (including phenoxy) is 2. The van der Waals surface area contributed by atoms with Gasteiger partial charge in [-0.2, -0.15) is 0 Å². The number of halogens is 1. The molecule has 0 atom stereocenters. The molecule has 0 N–H and O–H groups in total. The van der Waals surface area contributed by atoms with Gasteiger partial charge >= 0.3 is 0 Å². The predicted molar refractivity (Wildman–Crippen MR) is 128 cm³/mol. The van der Waals surface area contributed by atoms with E-state index in [1.807, 2.05) is 18.2 Å². The minimum absolute atomic E-state index is 0.0740. The standard InChI is InChI=1S/C27H33BrO4/c1-6-7-10-31-20-9-8-16(28)11-17(20)23-24-18(29)12-26(2,3)14-21(24)32-22-15-27(4,5)13-19(30)25(22)23/h8-9,11,23H,6-7,10,12-15H2,1-5H3. The minimum Gasteiger partial charge on any atom is -0.493 e. The van der Waals surface area contributed by atoms with E-state index in [0.29, 0.717) is 43.4 Å². The Kier molecular flexibility index (Phi) is 6.17. The molecule has 0 spiro atoms. The molecule has 1 aliphatic heterocycles. The molecule has 32 heavy (non-hydrogen) atoms. The van der Waals surface area contributed by atoms with E-state index >= 15 is 0 Å². The molecule has 0 unspecified atom stereocenters. The number of carbonyl (C=O) groups is 2. The average molecular weight is 501 g/mol. The summed E-state index contributed by atoms with van der Waals surface area (Å²) in [4.78, 5) is 26.9. The maximum atomic E-state index is 13.5. The van der Waals surface area contributed by atoms with Gasteiger partial charge in [0.05, 0.1) is 12.5 Å². The molecule has 4 nitrogen and oxygen atoms in total. The van der Waals surface area contributed by atoms with Crippen LogP contribution < -0.4 is 4.74 Å². The molecule has 0 fully saturated rings. The maximum absolute atomic E-state index is 13.5. The second-order valence-corrected chi connectivity index (χ2v) is 11.9. The Labute approximate surface area is 199 Å². The van der Waals surface area contributed by atoms with Crippen molar-refractivity contribution in [1.29, 1.82) is 0 Å². The van der Waals surface area contributed by atoms with Crippen LogP contribution in [0.15, 0.2) is 45.3 Å².